The topological polar surface area (TPSA) is 91.0 Å². The van der Waals surface area contributed by atoms with E-state index in [4.69, 9.17) is 0 Å². The Morgan fingerprint density at radius 1 is 1.50 bits per heavy atom. The van der Waals surface area contributed by atoms with Gasteiger partial charge >= 0.3 is 0 Å². The molecule has 0 aliphatic rings. The van der Waals surface area contributed by atoms with Gasteiger partial charge in [0, 0.05) is 0 Å². The van der Waals surface area contributed by atoms with Crippen LogP contribution in [-0.2, 0) is 0 Å². The van der Waals surface area contributed by atoms with Crippen molar-refractivity contribution in [3.05, 3.63) is 6.33 Å². The number of H-pyrrole nitrogens is 1. The fourth-order valence-corrected chi connectivity index (χ4v) is 0.112. The van der Waals surface area contributed by atoms with Gasteiger partial charge in [-0.3, -0.25) is 0 Å². The van der Waals surface area contributed by atoms with E-state index >= 15 is 0 Å². The molecule has 5 nitrogen and oxygen atoms in total. The molecule has 34 valence electrons. The maximum atomic E-state index is 3.25. The number of aromatic nitrogens is 4. The van der Waals surface area contributed by atoms with E-state index in [1.54, 1.807) is 0 Å². The predicted molar refractivity (Wildman–Crippen MR) is 19.0 cm³/mol. The van der Waals surface area contributed by atoms with Crippen LogP contribution >= 0.6 is 0 Å². The molecule has 0 spiro atoms. The molecule has 0 saturated carbocycles. The second-order valence-corrected chi connectivity index (χ2v) is 0.512. The number of hydrogen-bond donors (Lipinski definition) is 2. The van der Waals surface area contributed by atoms with Crippen LogP contribution in [0.1, 0.15) is 0 Å². The molecular formula is CH5N5. The normalized spacial score (nSPS) is 6.67. The summed E-state index contributed by atoms with van der Waals surface area (Å²) in [4.78, 5) is 0. The molecule has 5 N–H and O–H groups in total. The van der Waals surface area contributed by atoms with Crippen molar-refractivity contribution in [2.75, 3.05) is 0 Å². The molecule has 5 heteroatoms. The Labute approximate surface area is 34.3 Å². The van der Waals surface area contributed by atoms with Crippen molar-refractivity contribution < 1.29 is 0 Å². The minimum atomic E-state index is 0. The zero-order chi connectivity index (χ0) is 3.54. The van der Waals surface area contributed by atoms with Crippen LogP contribution in [0, 0.1) is 6.33 Å². The number of tetrazole rings is 1. The minimum absolute atomic E-state index is 0. The summed E-state index contributed by atoms with van der Waals surface area (Å²) >= 11 is 0. The molecule has 0 amide bonds. The summed E-state index contributed by atoms with van der Waals surface area (Å²) in [5.41, 5.74) is 0. The van der Waals surface area contributed by atoms with Crippen LogP contribution in [0.25, 0.3) is 0 Å². The van der Waals surface area contributed by atoms with Gasteiger partial charge in [0.1, 0.15) is 0 Å². The summed E-state index contributed by atoms with van der Waals surface area (Å²) in [7, 11) is 0. The average Bonchev–Trinajstić information content (AvgIpc) is 1.76. The molecule has 0 aliphatic heterocycles. The van der Waals surface area contributed by atoms with Gasteiger partial charge < -0.3 is 16.3 Å². The average molecular weight is 87.1 g/mol. The van der Waals surface area contributed by atoms with Crippen LogP contribution in [-0.4, -0.2) is 20.6 Å². The van der Waals surface area contributed by atoms with Gasteiger partial charge in [0.15, 0.2) is 0 Å². The van der Waals surface area contributed by atoms with Crippen LogP contribution in [0.15, 0.2) is 0 Å². The number of rotatable bonds is 0. The molecule has 6 heavy (non-hydrogen) atoms. The van der Waals surface area contributed by atoms with E-state index in [-0.39, 0.29) is 6.15 Å². The Hall–Kier alpha value is -0.970. The third kappa shape index (κ3) is 0.769. The first-order chi connectivity index (χ1) is 2.50. The summed E-state index contributed by atoms with van der Waals surface area (Å²) in [6.07, 6.45) is 2.19. The summed E-state index contributed by atoms with van der Waals surface area (Å²) < 4.78 is 0. The number of aromatic amines is 1. The zero-order valence-corrected chi connectivity index (χ0v) is 3.34. The number of quaternary nitrogens is 1. The smallest absolute Gasteiger partial charge is 0.0920 e. The van der Waals surface area contributed by atoms with Crippen molar-refractivity contribution in [1.82, 2.24) is 26.8 Å². The van der Waals surface area contributed by atoms with Gasteiger partial charge in [-0.2, -0.15) is 0 Å². The number of hydrogen-bond acceptors (Lipinski definition) is 3. The summed E-state index contributed by atoms with van der Waals surface area (Å²) in [5, 5.41) is 11.8. The molecule has 1 aromatic rings. The molecule has 0 aromatic carbocycles. The molecule has 0 saturated heterocycles. The standard InChI is InChI=1S/CHN4.H3N/c1-2-4-5-3-1;/h(H,2,3,4,5);1H3/q-1;/p+1. The van der Waals surface area contributed by atoms with Crippen LogP contribution in [0.2, 0.25) is 0 Å². The summed E-state index contributed by atoms with van der Waals surface area (Å²) in [5.74, 6) is 0. The Morgan fingerprint density at radius 2 is 2.33 bits per heavy atom. The van der Waals surface area contributed by atoms with Crippen molar-refractivity contribution in [3.63, 3.8) is 0 Å². The van der Waals surface area contributed by atoms with Gasteiger partial charge in [-0.1, -0.05) is 5.21 Å². The van der Waals surface area contributed by atoms with Gasteiger partial charge in [0.2, 0.25) is 0 Å². The van der Waals surface area contributed by atoms with Crippen molar-refractivity contribution in [2.24, 2.45) is 0 Å². The van der Waals surface area contributed by atoms with E-state index in [2.05, 4.69) is 27.0 Å². The monoisotopic (exact) mass is 87.1 g/mol. The predicted octanol–water partition coefficient (Wildman–Crippen LogP) is -0.624. The highest BCUT2D eigenvalue weighted by molar-refractivity contribution is 4.19. The fourth-order valence-electron chi connectivity index (χ4n) is 0.112. The van der Waals surface area contributed by atoms with Crippen molar-refractivity contribution >= 4 is 0 Å². The lowest BCUT2D eigenvalue weighted by atomic mass is 11.4. The second-order valence-electron chi connectivity index (χ2n) is 0.512. The largest absolute Gasteiger partial charge is 0.369 e. The molecule has 0 bridgehead atoms. The van der Waals surface area contributed by atoms with E-state index in [1.807, 2.05) is 0 Å². The maximum absolute atomic E-state index is 3.25. The Balaban J connectivity index is 0.000000250. The third-order valence-corrected chi connectivity index (χ3v) is 0.239. The lowest BCUT2D eigenvalue weighted by Gasteiger charge is -1.61. The van der Waals surface area contributed by atoms with Crippen LogP contribution < -0.4 is 6.15 Å². The Kier molecular flexibility index (Phi) is 1.91. The highest BCUT2D eigenvalue weighted by Crippen LogP contribution is 1.41. The van der Waals surface area contributed by atoms with Gasteiger partial charge in [-0.15, -0.1) is 0 Å². The van der Waals surface area contributed by atoms with E-state index < -0.39 is 0 Å². The zero-order valence-electron chi connectivity index (χ0n) is 3.34. The minimum Gasteiger partial charge on any atom is -0.369 e. The molecule has 0 fully saturated rings. The third-order valence-electron chi connectivity index (χ3n) is 0.239. The SMILES string of the molecule is [NH4+].[c-]1nn[nH]n1. The highest BCUT2D eigenvalue weighted by Gasteiger charge is 1.40. The lowest BCUT2D eigenvalue weighted by molar-refractivity contribution is 0.881. The summed E-state index contributed by atoms with van der Waals surface area (Å²) in [6, 6.07) is 0. The first-order valence-electron chi connectivity index (χ1n) is 1.09. The second kappa shape index (κ2) is 2.28. The molecular weight excluding hydrogens is 82.0 g/mol. The molecule has 0 aliphatic carbocycles. The van der Waals surface area contributed by atoms with Gasteiger partial charge in [0.25, 0.3) is 0 Å². The molecule has 0 atom stereocenters. The van der Waals surface area contributed by atoms with Crippen LogP contribution in [0.4, 0.5) is 0 Å². The molecule has 1 heterocycles. The van der Waals surface area contributed by atoms with E-state index in [9.17, 15) is 0 Å². The lowest BCUT2D eigenvalue weighted by Crippen LogP contribution is -1.64. The fraction of sp³-hybridized carbons (Fsp3) is 0. The molecule has 0 radical (unpaired) electrons. The van der Waals surface area contributed by atoms with Crippen molar-refractivity contribution in [2.45, 2.75) is 0 Å². The Morgan fingerprint density at radius 3 is 2.50 bits per heavy atom. The van der Waals surface area contributed by atoms with Gasteiger partial charge in [0.05, 0.1) is 0 Å². The van der Waals surface area contributed by atoms with Crippen molar-refractivity contribution in [3.8, 4) is 0 Å². The van der Waals surface area contributed by atoms with Crippen molar-refractivity contribution in [1.29, 1.82) is 0 Å². The van der Waals surface area contributed by atoms with E-state index in [0.717, 1.165) is 0 Å². The van der Waals surface area contributed by atoms with Crippen LogP contribution in [0.3, 0.4) is 0 Å². The summed E-state index contributed by atoms with van der Waals surface area (Å²) in [6.45, 7) is 0. The highest BCUT2D eigenvalue weighted by atomic mass is 15.5. The van der Waals surface area contributed by atoms with E-state index in [1.165, 1.54) is 0 Å². The van der Waals surface area contributed by atoms with Crippen LogP contribution in [0.5, 0.6) is 0 Å². The Bertz CT molecular complexity index is 60.4. The maximum Gasteiger partial charge on any atom is -0.0920 e. The number of nitrogens with one attached hydrogen (secondary N) is 1. The molecule has 0 unspecified atom stereocenters. The first-order valence-corrected chi connectivity index (χ1v) is 1.09. The number of nitrogens with zero attached hydrogens (tertiary/aromatic N) is 3. The quantitative estimate of drug-likeness (QED) is 0.413. The van der Waals surface area contributed by atoms with Gasteiger partial charge in [-0.25, -0.2) is 11.5 Å². The molecule has 1 rings (SSSR count). The van der Waals surface area contributed by atoms with Gasteiger partial charge in [-0.05, 0) is 0 Å². The molecule has 1 aromatic heterocycles. The van der Waals surface area contributed by atoms with E-state index in [0.29, 0.717) is 0 Å². The first kappa shape index (κ1) is 5.03.